The highest BCUT2D eigenvalue weighted by molar-refractivity contribution is 7.71. The molecule has 0 bridgehead atoms. The number of H-pyrrole nitrogens is 1. The van der Waals surface area contributed by atoms with Crippen LogP contribution in [0.15, 0.2) is 24.3 Å². The molecule has 4 heteroatoms. The maximum absolute atomic E-state index is 5.35. The summed E-state index contributed by atoms with van der Waals surface area (Å²) < 4.78 is 2.75. The molecule has 0 spiro atoms. The first kappa shape index (κ1) is 13.0. The Morgan fingerprint density at radius 3 is 2.56 bits per heavy atom. The summed E-state index contributed by atoms with van der Waals surface area (Å²) in [5, 5.41) is 7.32. The van der Waals surface area contributed by atoms with E-state index in [-0.39, 0.29) is 5.54 Å². The van der Waals surface area contributed by atoms with Gasteiger partial charge in [0.25, 0.3) is 0 Å². The topological polar surface area (TPSA) is 33.6 Å². The van der Waals surface area contributed by atoms with Crippen molar-refractivity contribution in [2.75, 3.05) is 0 Å². The quantitative estimate of drug-likeness (QED) is 0.831. The molecule has 0 saturated heterocycles. The molecule has 1 heterocycles. The van der Waals surface area contributed by atoms with Gasteiger partial charge in [-0.15, -0.1) is 0 Å². The first-order valence-electron chi connectivity index (χ1n) is 6.21. The molecule has 0 radical (unpaired) electrons. The van der Waals surface area contributed by atoms with Gasteiger partial charge in [-0.25, -0.2) is 0 Å². The van der Waals surface area contributed by atoms with Crippen molar-refractivity contribution >= 4 is 12.2 Å². The van der Waals surface area contributed by atoms with E-state index >= 15 is 0 Å². The minimum atomic E-state index is -0.0831. The molecule has 2 aromatic rings. The zero-order valence-corrected chi connectivity index (χ0v) is 12.1. The highest BCUT2D eigenvalue weighted by Gasteiger charge is 2.21. The molecule has 1 N–H and O–H groups in total. The number of hydrogen-bond donors (Lipinski definition) is 1. The van der Waals surface area contributed by atoms with Gasteiger partial charge in [0, 0.05) is 11.1 Å². The van der Waals surface area contributed by atoms with Gasteiger partial charge in [-0.3, -0.25) is 9.67 Å². The molecule has 2 rings (SSSR count). The molecular formula is C14H19N3S. The number of nitrogens with one attached hydrogen (secondary N) is 1. The summed E-state index contributed by atoms with van der Waals surface area (Å²) in [4.78, 5) is 0. The van der Waals surface area contributed by atoms with Crippen LogP contribution in [-0.2, 0) is 12.0 Å². The van der Waals surface area contributed by atoms with Crippen molar-refractivity contribution in [3.8, 4) is 11.4 Å². The van der Waals surface area contributed by atoms with E-state index in [0.717, 1.165) is 17.8 Å². The fourth-order valence-electron chi connectivity index (χ4n) is 2.15. The van der Waals surface area contributed by atoms with Crippen LogP contribution in [0.25, 0.3) is 11.4 Å². The van der Waals surface area contributed by atoms with E-state index in [0.29, 0.717) is 4.77 Å². The van der Waals surface area contributed by atoms with Gasteiger partial charge >= 0.3 is 0 Å². The molecule has 96 valence electrons. The predicted octanol–water partition coefficient (Wildman–Crippen LogP) is 3.93. The van der Waals surface area contributed by atoms with Crippen LogP contribution in [-0.4, -0.2) is 14.8 Å². The highest BCUT2D eigenvalue weighted by Crippen LogP contribution is 2.27. The highest BCUT2D eigenvalue weighted by atomic mass is 32.1. The molecule has 1 aromatic carbocycles. The van der Waals surface area contributed by atoms with E-state index in [1.54, 1.807) is 0 Å². The molecule has 0 atom stereocenters. The smallest absolute Gasteiger partial charge is 0.195 e. The Morgan fingerprint density at radius 2 is 1.94 bits per heavy atom. The Kier molecular flexibility index (Phi) is 3.39. The third-order valence-corrected chi connectivity index (χ3v) is 3.26. The van der Waals surface area contributed by atoms with Crippen molar-refractivity contribution in [3.05, 3.63) is 34.6 Å². The van der Waals surface area contributed by atoms with Crippen molar-refractivity contribution < 1.29 is 0 Å². The van der Waals surface area contributed by atoms with Gasteiger partial charge in [-0.1, -0.05) is 31.2 Å². The Labute approximate surface area is 113 Å². The maximum atomic E-state index is 5.35. The van der Waals surface area contributed by atoms with Gasteiger partial charge in [0.2, 0.25) is 0 Å². The van der Waals surface area contributed by atoms with E-state index in [9.17, 15) is 0 Å². The van der Waals surface area contributed by atoms with E-state index in [2.05, 4.69) is 60.7 Å². The van der Waals surface area contributed by atoms with Crippen molar-refractivity contribution in [1.82, 2.24) is 14.8 Å². The molecule has 0 aliphatic carbocycles. The summed E-state index contributed by atoms with van der Waals surface area (Å²) in [5.74, 6) is 0.921. The zero-order chi connectivity index (χ0) is 13.3. The fourth-order valence-corrected chi connectivity index (χ4v) is 2.55. The summed E-state index contributed by atoms with van der Waals surface area (Å²) >= 11 is 5.35. The van der Waals surface area contributed by atoms with Crippen LogP contribution in [0.2, 0.25) is 0 Å². The maximum Gasteiger partial charge on any atom is 0.195 e. The number of rotatable bonds is 2. The van der Waals surface area contributed by atoms with Crippen molar-refractivity contribution in [1.29, 1.82) is 0 Å². The Hall–Kier alpha value is -1.42. The molecule has 18 heavy (non-hydrogen) atoms. The number of aromatic amines is 1. The van der Waals surface area contributed by atoms with E-state index in [1.165, 1.54) is 5.56 Å². The van der Waals surface area contributed by atoms with Gasteiger partial charge in [0.05, 0.1) is 0 Å². The minimum absolute atomic E-state index is 0.0831. The third kappa shape index (κ3) is 2.25. The number of benzene rings is 1. The van der Waals surface area contributed by atoms with Gasteiger partial charge < -0.3 is 0 Å². The SMILES string of the molecule is CCc1ccccc1-c1n[nH]c(=S)n1C(C)(C)C. The van der Waals surface area contributed by atoms with Gasteiger partial charge in [0.1, 0.15) is 0 Å². The first-order valence-corrected chi connectivity index (χ1v) is 6.62. The second-order valence-corrected chi connectivity index (χ2v) is 5.76. The standard InChI is InChI=1S/C14H19N3S/c1-5-10-8-6-7-9-11(10)12-15-16-13(18)17(12)14(2,3)4/h6-9H,5H2,1-4H3,(H,16,18). The zero-order valence-electron chi connectivity index (χ0n) is 11.3. The normalized spacial score (nSPS) is 11.8. The second kappa shape index (κ2) is 4.69. The Balaban J connectivity index is 2.69. The van der Waals surface area contributed by atoms with E-state index < -0.39 is 0 Å². The first-order chi connectivity index (χ1) is 8.45. The monoisotopic (exact) mass is 261 g/mol. The minimum Gasteiger partial charge on any atom is -0.295 e. The molecule has 1 aromatic heterocycles. The molecule has 3 nitrogen and oxygen atoms in total. The summed E-state index contributed by atoms with van der Waals surface area (Å²) in [7, 11) is 0. The predicted molar refractivity (Wildman–Crippen MR) is 77.2 cm³/mol. The number of nitrogens with zero attached hydrogens (tertiary/aromatic N) is 2. The third-order valence-electron chi connectivity index (χ3n) is 2.98. The van der Waals surface area contributed by atoms with Crippen LogP contribution in [0.3, 0.4) is 0 Å². The molecule has 0 amide bonds. The largest absolute Gasteiger partial charge is 0.295 e. The van der Waals surface area contributed by atoms with Crippen molar-refractivity contribution in [2.45, 2.75) is 39.7 Å². The molecule has 0 fully saturated rings. The van der Waals surface area contributed by atoms with Crippen LogP contribution in [0.1, 0.15) is 33.3 Å². The summed E-state index contributed by atoms with van der Waals surface area (Å²) in [6.45, 7) is 8.56. The van der Waals surface area contributed by atoms with Crippen LogP contribution in [0.5, 0.6) is 0 Å². The summed E-state index contributed by atoms with van der Waals surface area (Å²) in [5.41, 5.74) is 2.36. The molecule has 0 unspecified atom stereocenters. The van der Waals surface area contributed by atoms with Crippen LogP contribution in [0, 0.1) is 4.77 Å². The van der Waals surface area contributed by atoms with Crippen molar-refractivity contribution in [2.24, 2.45) is 0 Å². The summed E-state index contributed by atoms with van der Waals surface area (Å²) in [6, 6.07) is 8.34. The average Bonchev–Trinajstić information content (AvgIpc) is 2.70. The second-order valence-electron chi connectivity index (χ2n) is 5.37. The van der Waals surface area contributed by atoms with Gasteiger partial charge in [-0.2, -0.15) is 5.10 Å². The van der Waals surface area contributed by atoms with Crippen molar-refractivity contribution in [3.63, 3.8) is 0 Å². The lowest BCUT2D eigenvalue weighted by atomic mass is 10.0. The van der Waals surface area contributed by atoms with Gasteiger partial charge in [0.15, 0.2) is 10.6 Å². The summed E-state index contributed by atoms with van der Waals surface area (Å²) in [6.07, 6.45) is 0.986. The number of aryl methyl sites for hydroxylation is 1. The van der Waals surface area contributed by atoms with Crippen LogP contribution >= 0.6 is 12.2 Å². The average molecular weight is 261 g/mol. The molecule has 0 aliphatic rings. The van der Waals surface area contributed by atoms with Crippen LogP contribution in [0.4, 0.5) is 0 Å². The van der Waals surface area contributed by atoms with E-state index in [4.69, 9.17) is 12.2 Å². The lowest BCUT2D eigenvalue weighted by molar-refractivity contribution is 0.395. The molecular weight excluding hydrogens is 242 g/mol. The Bertz CT molecular complexity index is 602. The fraction of sp³-hybridized carbons (Fsp3) is 0.429. The van der Waals surface area contributed by atoms with Crippen LogP contribution < -0.4 is 0 Å². The van der Waals surface area contributed by atoms with Gasteiger partial charge in [-0.05, 0) is 45.0 Å². The molecule has 0 aliphatic heterocycles. The Morgan fingerprint density at radius 1 is 1.28 bits per heavy atom. The lowest BCUT2D eigenvalue weighted by Gasteiger charge is -2.23. The lowest BCUT2D eigenvalue weighted by Crippen LogP contribution is -2.23. The number of hydrogen-bond acceptors (Lipinski definition) is 2. The molecule has 0 saturated carbocycles. The number of aromatic nitrogens is 3. The van der Waals surface area contributed by atoms with E-state index in [1.807, 2.05) is 6.07 Å².